The van der Waals surface area contributed by atoms with Crippen LogP contribution in [0.4, 0.5) is 5.69 Å². The van der Waals surface area contributed by atoms with Crippen LogP contribution in [-0.2, 0) is 9.59 Å². The molecule has 0 saturated heterocycles. The Balaban J connectivity index is 2.55. The number of benzene rings is 1. The van der Waals surface area contributed by atoms with E-state index in [1.165, 1.54) is 0 Å². The van der Waals surface area contributed by atoms with Crippen molar-refractivity contribution in [3.8, 4) is 0 Å². The lowest BCUT2D eigenvalue weighted by molar-refractivity contribution is -0.121. The van der Waals surface area contributed by atoms with Gasteiger partial charge < -0.3 is 5.32 Å². The van der Waals surface area contributed by atoms with Crippen LogP contribution < -0.4 is 16.2 Å². The van der Waals surface area contributed by atoms with E-state index >= 15 is 0 Å². The van der Waals surface area contributed by atoms with Crippen LogP contribution in [-0.4, -0.2) is 17.7 Å². The number of anilines is 1. The van der Waals surface area contributed by atoms with Crippen molar-refractivity contribution >= 4 is 23.4 Å². The highest BCUT2D eigenvalue weighted by atomic mass is 16.2. The molecule has 0 fully saturated rings. The van der Waals surface area contributed by atoms with E-state index in [1.54, 1.807) is 31.2 Å². The lowest BCUT2D eigenvalue weighted by Crippen LogP contribution is -2.41. The summed E-state index contributed by atoms with van der Waals surface area (Å²) in [5.41, 5.74) is 5.63. The summed E-state index contributed by atoms with van der Waals surface area (Å²) in [4.78, 5) is 34.1. The number of hydrogen-bond donors (Lipinski definition) is 3. The van der Waals surface area contributed by atoms with E-state index in [2.05, 4.69) is 16.2 Å². The third-order valence-corrected chi connectivity index (χ3v) is 2.54. The number of carbonyl (C=O) groups excluding carboxylic acids is 3. The normalized spacial score (nSPS) is 9.70. The summed E-state index contributed by atoms with van der Waals surface area (Å²) in [6.07, 6.45) is 1.54. The Morgan fingerprint density at radius 3 is 2.15 bits per heavy atom. The summed E-state index contributed by atoms with van der Waals surface area (Å²) in [6.45, 7) is 3.62. The van der Waals surface area contributed by atoms with Crippen molar-refractivity contribution in [2.45, 2.75) is 33.1 Å². The second-order valence-electron chi connectivity index (χ2n) is 4.23. The van der Waals surface area contributed by atoms with Crippen LogP contribution in [0, 0.1) is 0 Å². The van der Waals surface area contributed by atoms with Crippen LogP contribution in [0.25, 0.3) is 0 Å². The zero-order valence-electron chi connectivity index (χ0n) is 11.7. The molecule has 3 N–H and O–H groups in total. The molecule has 1 aromatic rings. The molecule has 6 heteroatoms. The zero-order valence-corrected chi connectivity index (χ0v) is 11.7. The molecule has 0 aromatic heterocycles. The standard InChI is InChI=1S/C14H19N3O3/c1-3-5-13(19)15-11-8-6-10(7-9-11)14(20)17-16-12(18)4-2/h6-9H,3-5H2,1-2H3,(H,15,19)(H,16,18)(H,17,20). The molecule has 20 heavy (non-hydrogen) atoms. The van der Waals surface area contributed by atoms with Crippen molar-refractivity contribution in [3.05, 3.63) is 29.8 Å². The Bertz CT molecular complexity index is 483. The van der Waals surface area contributed by atoms with Gasteiger partial charge in [-0.25, -0.2) is 0 Å². The lowest BCUT2D eigenvalue weighted by Gasteiger charge is -2.07. The fourth-order valence-electron chi connectivity index (χ4n) is 1.44. The van der Waals surface area contributed by atoms with Gasteiger partial charge in [-0.05, 0) is 30.7 Å². The first-order valence-electron chi connectivity index (χ1n) is 6.56. The summed E-state index contributed by atoms with van der Waals surface area (Å²) in [5, 5.41) is 2.73. The third-order valence-electron chi connectivity index (χ3n) is 2.54. The molecular weight excluding hydrogens is 258 g/mol. The molecule has 0 heterocycles. The molecule has 0 aliphatic carbocycles. The van der Waals surface area contributed by atoms with Gasteiger partial charge in [-0.3, -0.25) is 25.2 Å². The molecule has 108 valence electrons. The first kappa shape index (κ1) is 15.7. The van der Waals surface area contributed by atoms with Crippen molar-refractivity contribution in [1.82, 2.24) is 10.9 Å². The molecule has 0 aliphatic heterocycles. The Morgan fingerprint density at radius 2 is 1.60 bits per heavy atom. The highest BCUT2D eigenvalue weighted by molar-refractivity contribution is 5.96. The minimum absolute atomic E-state index is 0.0556. The minimum Gasteiger partial charge on any atom is -0.326 e. The predicted octanol–water partition coefficient (Wildman–Crippen LogP) is 1.60. The van der Waals surface area contributed by atoms with Gasteiger partial charge >= 0.3 is 0 Å². The topological polar surface area (TPSA) is 87.3 Å². The van der Waals surface area contributed by atoms with Gasteiger partial charge in [-0.2, -0.15) is 0 Å². The molecule has 1 rings (SSSR count). The predicted molar refractivity (Wildman–Crippen MR) is 75.9 cm³/mol. The van der Waals surface area contributed by atoms with E-state index in [0.29, 0.717) is 24.1 Å². The van der Waals surface area contributed by atoms with Crippen LogP contribution in [0.1, 0.15) is 43.5 Å². The van der Waals surface area contributed by atoms with E-state index in [0.717, 1.165) is 6.42 Å². The highest BCUT2D eigenvalue weighted by Crippen LogP contribution is 2.10. The lowest BCUT2D eigenvalue weighted by atomic mass is 10.2. The van der Waals surface area contributed by atoms with Gasteiger partial charge in [0.05, 0.1) is 0 Å². The second-order valence-corrected chi connectivity index (χ2v) is 4.23. The quantitative estimate of drug-likeness (QED) is 0.714. The average molecular weight is 277 g/mol. The van der Waals surface area contributed by atoms with E-state index in [9.17, 15) is 14.4 Å². The van der Waals surface area contributed by atoms with Gasteiger partial charge in [-0.15, -0.1) is 0 Å². The van der Waals surface area contributed by atoms with Crippen LogP contribution in [0.3, 0.4) is 0 Å². The fourth-order valence-corrected chi connectivity index (χ4v) is 1.44. The Hall–Kier alpha value is -2.37. The molecule has 0 bridgehead atoms. The first-order valence-corrected chi connectivity index (χ1v) is 6.56. The number of hydrogen-bond acceptors (Lipinski definition) is 3. The molecule has 0 aliphatic rings. The number of hydrazine groups is 1. The Morgan fingerprint density at radius 1 is 0.950 bits per heavy atom. The van der Waals surface area contributed by atoms with Gasteiger partial charge in [0.15, 0.2) is 0 Å². The summed E-state index contributed by atoms with van der Waals surface area (Å²) in [6, 6.07) is 6.44. The zero-order chi connectivity index (χ0) is 15.0. The number of nitrogens with one attached hydrogen (secondary N) is 3. The second kappa shape index (κ2) is 7.93. The molecule has 3 amide bonds. The summed E-state index contributed by atoms with van der Waals surface area (Å²) in [5.74, 6) is -0.722. The monoisotopic (exact) mass is 277 g/mol. The van der Waals surface area contributed by atoms with Crippen LogP contribution in [0.2, 0.25) is 0 Å². The Kier molecular flexibility index (Phi) is 6.22. The molecule has 0 unspecified atom stereocenters. The third kappa shape index (κ3) is 5.09. The number of rotatable bonds is 5. The van der Waals surface area contributed by atoms with Crippen molar-refractivity contribution in [3.63, 3.8) is 0 Å². The van der Waals surface area contributed by atoms with E-state index in [1.807, 2.05) is 6.92 Å². The maximum atomic E-state index is 11.7. The summed E-state index contributed by atoms with van der Waals surface area (Å²) < 4.78 is 0. The molecule has 0 spiro atoms. The van der Waals surface area contributed by atoms with Crippen molar-refractivity contribution < 1.29 is 14.4 Å². The summed E-state index contributed by atoms with van der Waals surface area (Å²) in [7, 11) is 0. The van der Waals surface area contributed by atoms with Gasteiger partial charge in [0.25, 0.3) is 5.91 Å². The van der Waals surface area contributed by atoms with Gasteiger partial charge in [0.1, 0.15) is 0 Å². The first-order chi connectivity index (χ1) is 9.56. The van der Waals surface area contributed by atoms with Crippen molar-refractivity contribution in [2.24, 2.45) is 0 Å². The van der Waals surface area contributed by atoms with Crippen LogP contribution in [0.5, 0.6) is 0 Å². The van der Waals surface area contributed by atoms with Crippen LogP contribution >= 0.6 is 0 Å². The molecule has 0 radical (unpaired) electrons. The van der Waals surface area contributed by atoms with E-state index < -0.39 is 5.91 Å². The van der Waals surface area contributed by atoms with Crippen LogP contribution in [0.15, 0.2) is 24.3 Å². The van der Waals surface area contributed by atoms with Gasteiger partial charge in [-0.1, -0.05) is 13.8 Å². The molecule has 0 saturated carbocycles. The van der Waals surface area contributed by atoms with Crippen molar-refractivity contribution in [1.29, 1.82) is 0 Å². The molecule has 1 aromatic carbocycles. The van der Waals surface area contributed by atoms with Crippen molar-refractivity contribution in [2.75, 3.05) is 5.32 Å². The SMILES string of the molecule is CCCC(=O)Nc1ccc(C(=O)NNC(=O)CC)cc1. The maximum Gasteiger partial charge on any atom is 0.269 e. The maximum absolute atomic E-state index is 11.7. The number of carbonyl (C=O) groups is 3. The van der Waals surface area contributed by atoms with Gasteiger partial charge in [0.2, 0.25) is 11.8 Å². The highest BCUT2D eigenvalue weighted by Gasteiger charge is 2.07. The average Bonchev–Trinajstić information content (AvgIpc) is 2.45. The minimum atomic E-state index is -0.404. The van der Waals surface area contributed by atoms with E-state index in [4.69, 9.17) is 0 Å². The fraction of sp³-hybridized carbons (Fsp3) is 0.357. The molecule has 0 atom stereocenters. The van der Waals surface area contributed by atoms with Gasteiger partial charge in [0, 0.05) is 24.1 Å². The summed E-state index contributed by atoms with van der Waals surface area (Å²) >= 11 is 0. The smallest absolute Gasteiger partial charge is 0.269 e. The largest absolute Gasteiger partial charge is 0.326 e. The molecular formula is C14H19N3O3. The Labute approximate surface area is 117 Å². The molecule has 6 nitrogen and oxygen atoms in total. The number of amides is 3. The van der Waals surface area contributed by atoms with E-state index in [-0.39, 0.29) is 11.8 Å².